The molecule has 1 atom stereocenters. The van der Waals surface area contributed by atoms with Gasteiger partial charge >= 0.3 is 5.97 Å². The van der Waals surface area contributed by atoms with E-state index >= 15 is 0 Å². The second kappa shape index (κ2) is 4.64. The lowest BCUT2D eigenvalue weighted by Gasteiger charge is -2.31. The Morgan fingerprint density at radius 1 is 1.56 bits per heavy atom. The van der Waals surface area contributed by atoms with E-state index in [0.29, 0.717) is 0 Å². The highest BCUT2D eigenvalue weighted by Crippen LogP contribution is 2.21. The minimum absolute atomic E-state index is 0.247. The number of aromatic nitrogens is 2. The van der Waals surface area contributed by atoms with Crippen LogP contribution < -0.4 is 0 Å². The number of rotatable bonds is 2. The average Bonchev–Trinajstić information content (AvgIpc) is 2.72. The number of nitrogens with one attached hydrogen (secondary N) is 1. The number of carbonyl (C=O) groups excluding carboxylic acids is 1. The molecule has 0 saturated heterocycles. The van der Waals surface area contributed by atoms with Crippen molar-refractivity contribution >= 4 is 11.9 Å². The normalized spacial score (nSPS) is 18.1. The fourth-order valence-corrected chi connectivity index (χ4v) is 2.02. The van der Waals surface area contributed by atoms with E-state index in [1.807, 2.05) is 0 Å². The van der Waals surface area contributed by atoms with Gasteiger partial charge in [0.15, 0.2) is 0 Å². The number of allylic oxidation sites excluding steroid dienone is 1. The number of H-pyrrole nitrogens is 1. The SMILES string of the molecule is CC(C)=CC(=O)N1Cc2[nH]cnc2CC1C(=O)O. The third kappa shape index (κ3) is 2.27. The van der Waals surface area contributed by atoms with Gasteiger partial charge in [0, 0.05) is 12.5 Å². The van der Waals surface area contributed by atoms with Crippen LogP contribution in [-0.4, -0.2) is 37.9 Å². The molecule has 6 heteroatoms. The number of nitrogens with zero attached hydrogens (tertiary/aromatic N) is 2. The van der Waals surface area contributed by atoms with Gasteiger partial charge in [-0.1, -0.05) is 5.57 Å². The Balaban J connectivity index is 2.30. The van der Waals surface area contributed by atoms with Gasteiger partial charge in [0.2, 0.25) is 5.91 Å². The molecule has 1 aliphatic heterocycles. The molecule has 0 bridgehead atoms. The van der Waals surface area contributed by atoms with Crippen LogP contribution in [0.5, 0.6) is 0 Å². The molecular weight excluding hydrogens is 234 g/mol. The molecular formula is C12H15N3O3. The van der Waals surface area contributed by atoms with Crippen LogP contribution in [0, 0.1) is 0 Å². The Morgan fingerprint density at radius 2 is 2.28 bits per heavy atom. The van der Waals surface area contributed by atoms with Crippen molar-refractivity contribution in [1.82, 2.24) is 14.9 Å². The molecule has 2 N–H and O–H groups in total. The van der Waals surface area contributed by atoms with Crippen LogP contribution in [0.15, 0.2) is 18.0 Å². The van der Waals surface area contributed by atoms with Crippen molar-refractivity contribution in [2.24, 2.45) is 0 Å². The summed E-state index contributed by atoms with van der Waals surface area (Å²) in [7, 11) is 0. The zero-order chi connectivity index (χ0) is 13.3. The van der Waals surface area contributed by atoms with Crippen molar-refractivity contribution in [2.75, 3.05) is 0 Å². The first-order valence-electron chi connectivity index (χ1n) is 5.68. The summed E-state index contributed by atoms with van der Waals surface area (Å²) in [5, 5.41) is 9.20. The highest BCUT2D eigenvalue weighted by atomic mass is 16.4. The Morgan fingerprint density at radius 3 is 2.89 bits per heavy atom. The molecule has 0 radical (unpaired) electrons. The summed E-state index contributed by atoms with van der Waals surface area (Å²) in [6, 6.07) is -0.844. The van der Waals surface area contributed by atoms with Gasteiger partial charge in [0.05, 0.1) is 24.3 Å². The summed E-state index contributed by atoms with van der Waals surface area (Å²) in [4.78, 5) is 31.6. The molecule has 0 fully saturated rings. The zero-order valence-corrected chi connectivity index (χ0v) is 10.3. The van der Waals surface area contributed by atoms with Crippen LogP contribution in [0.4, 0.5) is 0 Å². The molecule has 1 aromatic heterocycles. The van der Waals surface area contributed by atoms with E-state index in [1.165, 1.54) is 17.3 Å². The lowest BCUT2D eigenvalue weighted by molar-refractivity contribution is -0.149. The standard InChI is InChI=1S/C12H15N3O3/c1-7(2)3-11(16)15-5-9-8(13-6-14-9)4-10(15)12(17)18/h3,6,10H,4-5H2,1-2H3,(H,13,14)(H,17,18). The number of imidazole rings is 1. The summed E-state index contributed by atoms with van der Waals surface area (Å²) in [5.74, 6) is -1.28. The number of carboxylic acid groups (broad SMARTS) is 1. The number of hydrogen-bond acceptors (Lipinski definition) is 3. The average molecular weight is 249 g/mol. The van der Waals surface area contributed by atoms with Crippen LogP contribution in [0.3, 0.4) is 0 Å². The van der Waals surface area contributed by atoms with E-state index in [-0.39, 0.29) is 18.9 Å². The predicted octanol–water partition coefficient (Wildman–Crippen LogP) is 0.714. The smallest absolute Gasteiger partial charge is 0.326 e. The quantitative estimate of drug-likeness (QED) is 0.756. The number of amides is 1. The monoisotopic (exact) mass is 249 g/mol. The Bertz CT molecular complexity index is 514. The summed E-state index contributed by atoms with van der Waals surface area (Å²) in [5.41, 5.74) is 2.38. The van der Waals surface area contributed by atoms with Crippen molar-refractivity contribution in [3.8, 4) is 0 Å². The minimum Gasteiger partial charge on any atom is -0.480 e. The fourth-order valence-electron chi connectivity index (χ4n) is 2.02. The van der Waals surface area contributed by atoms with Crippen molar-refractivity contribution in [1.29, 1.82) is 0 Å². The number of aromatic amines is 1. The Kier molecular flexibility index (Phi) is 3.18. The van der Waals surface area contributed by atoms with Gasteiger partial charge in [-0.15, -0.1) is 0 Å². The van der Waals surface area contributed by atoms with Crippen LogP contribution in [-0.2, 0) is 22.6 Å². The second-order valence-electron chi connectivity index (χ2n) is 4.57. The molecule has 18 heavy (non-hydrogen) atoms. The maximum Gasteiger partial charge on any atom is 0.326 e. The maximum absolute atomic E-state index is 12.0. The van der Waals surface area contributed by atoms with Crippen LogP contribution in [0.25, 0.3) is 0 Å². The van der Waals surface area contributed by atoms with E-state index < -0.39 is 12.0 Å². The summed E-state index contributed by atoms with van der Waals surface area (Å²) >= 11 is 0. The van der Waals surface area contributed by atoms with Crippen molar-refractivity contribution in [3.63, 3.8) is 0 Å². The maximum atomic E-state index is 12.0. The van der Waals surface area contributed by atoms with Crippen LogP contribution >= 0.6 is 0 Å². The molecule has 96 valence electrons. The van der Waals surface area contributed by atoms with Gasteiger partial charge in [-0.25, -0.2) is 9.78 Å². The van der Waals surface area contributed by atoms with Gasteiger partial charge in [-0.05, 0) is 13.8 Å². The van der Waals surface area contributed by atoms with Gasteiger partial charge in [0.1, 0.15) is 6.04 Å². The third-order valence-electron chi connectivity index (χ3n) is 2.88. The zero-order valence-electron chi connectivity index (χ0n) is 10.3. The summed E-state index contributed by atoms with van der Waals surface area (Å²) < 4.78 is 0. The highest BCUT2D eigenvalue weighted by Gasteiger charge is 2.35. The first-order chi connectivity index (χ1) is 8.49. The molecule has 0 aromatic carbocycles. The lowest BCUT2D eigenvalue weighted by Crippen LogP contribution is -2.48. The summed E-state index contributed by atoms with van der Waals surface area (Å²) in [6.45, 7) is 3.87. The molecule has 6 nitrogen and oxygen atoms in total. The van der Waals surface area contributed by atoms with Crippen LogP contribution in [0.1, 0.15) is 25.2 Å². The lowest BCUT2D eigenvalue weighted by atomic mass is 10.0. The van der Waals surface area contributed by atoms with Crippen LogP contribution in [0.2, 0.25) is 0 Å². The number of aliphatic carboxylic acids is 1. The number of carboxylic acids is 1. The van der Waals surface area contributed by atoms with Gasteiger partial charge in [-0.2, -0.15) is 0 Å². The van der Waals surface area contributed by atoms with Gasteiger partial charge < -0.3 is 15.0 Å². The van der Waals surface area contributed by atoms with E-state index in [2.05, 4.69) is 9.97 Å². The Hall–Kier alpha value is -2.11. The molecule has 0 saturated carbocycles. The van der Waals surface area contributed by atoms with Gasteiger partial charge in [0.25, 0.3) is 0 Å². The van der Waals surface area contributed by atoms with E-state index in [9.17, 15) is 14.7 Å². The molecule has 1 aliphatic rings. The molecule has 2 rings (SSSR count). The number of carbonyl (C=O) groups is 2. The highest BCUT2D eigenvalue weighted by molar-refractivity contribution is 5.92. The molecule has 1 amide bonds. The molecule has 2 heterocycles. The molecule has 1 unspecified atom stereocenters. The van der Waals surface area contributed by atoms with Crippen molar-refractivity contribution in [2.45, 2.75) is 32.9 Å². The van der Waals surface area contributed by atoms with Gasteiger partial charge in [-0.3, -0.25) is 4.79 Å². The van der Waals surface area contributed by atoms with Crippen molar-refractivity contribution < 1.29 is 14.7 Å². The number of hydrogen-bond donors (Lipinski definition) is 2. The molecule has 1 aromatic rings. The first-order valence-corrected chi connectivity index (χ1v) is 5.68. The van der Waals surface area contributed by atoms with E-state index in [0.717, 1.165) is 17.0 Å². The third-order valence-corrected chi connectivity index (χ3v) is 2.88. The molecule has 0 aliphatic carbocycles. The molecule has 0 spiro atoms. The van der Waals surface area contributed by atoms with E-state index in [4.69, 9.17) is 0 Å². The number of fused-ring (bicyclic) bond motifs is 1. The fraction of sp³-hybridized carbons (Fsp3) is 0.417. The van der Waals surface area contributed by atoms with E-state index in [1.54, 1.807) is 13.8 Å². The van der Waals surface area contributed by atoms with Crippen molar-refractivity contribution in [3.05, 3.63) is 29.4 Å². The topological polar surface area (TPSA) is 86.3 Å². The Labute approximate surface area is 104 Å². The largest absolute Gasteiger partial charge is 0.480 e. The summed E-state index contributed by atoms with van der Waals surface area (Å²) in [6.07, 6.45) is 3.23. The minimum atomic E-state index is -1.00. The first kappa shape index (κ1) is 12.3. The predicted molar refractivity (Wildman–Crippen MR) is 63.7 cm³/mol. The second-order valence-corrected chi connectivity index (χ2v) is 4.57.